The molecule has 0 bridgehead atoms. The first-order valence-electron chi connectivity index (χ1n) is 10.6. The lowest BCUT2D eigenvalue weighted by Crippen LogP contribution is -2.45. The molecule has 0 aliphatic rings. The van der Waals surface area contributed by atoms with E-state index in [1.807, 2.05) is 60.7 Å². The van der Waals surface area contributed by atoms with E-state index in [0.717, 1.165) is 11.1 Å². The molecule has 0 unspecified atom stereocenters. The summed E-state index contributed by atoms with van der Waals surface area (Å²) in [5.41, 5.74) is 3.02. The van der Waals surface area contributed by atoms with E-state index >= 15 is 0 Å². The van der Waals surface area contributed by atoms with Gasteiger partial charge >= 0.3 is 6.09 Å². The number of hydrogen-bond donors (Lipinski definition) is 2. The summed E-state index contributed by atoms with van der Waals surface area (Å²) >= 11 is 0. The van der Waals surface area contributed by atoms with Crippen molar-refractivity contribution in [3.8, 4) is 0 Å². The highest BCUT2D eigenvalue weighted by Gasteiger charge is 2.22. The maximum absolute atomic E-state index is 13.0. The van der Waals surface area contributed by atoms with Crippen LogP contribution in [0.25, 0.3) is 0 Å². The van der Waals surface area contributed by atoms with Crippen molar-refractivity contribution >= 4 is 29.3 Å². The number of carbonyl (C=O) groups excluding carboxylic acids is 3. The number of nitrogens with one attached hydrogen (secondary N) is 2. The molecule has 0 aliphatic carbocycles. The van der Waals surface area contributed by atoms with Crippen LogP contribution in [0.3, 0.4) is 0 Å². The van der Waals surface area contributed by atoms with Gasteiger partial charge in [-0.25, -0.2) is 4.79 Å². The molecule has 33 heavy (non-hydrogen) atoms. The average Bonchev–Trinajstić information content (AvgIpc) is 2.83. The summed E-state index contributed by atoms with van der Waals surface area (Å²) in [7, 11) is 1.68. The molecule has 3 rings (SSSR count). The van der Waals surface area contributed by atoms with Crippen LogP contribution in [0.1, 0.15) is 18.1 Å². The van der Waals surface area contributed by atoms with Gasteiger partial charge in [0.2, 0.25) is 11.8 Å². The van der Waals surface area contributed by atoms with Crippen LogP contribution in [-0.4, -0.2) is 31.0 Å². The fourth-order valence-electron chi connectivity index (χ4n) is 3.15. The van der Waals surface area contributed by atoms with E-state index in [-0.39, 0.29) is 18.4 Å². The van der Waals surface area contributed by atoms with Gasteiger partial charge in [-0.2, -0.15) is 0 Å². The van der Waals surface area contributed by atoms with Crippen LogP contribution in [0.4, 0.5) is 16.2 Å². The van der Waals surface area contributed by atoms with Gasteiger partial charge in [0.05, 0.1) is 0 Å². The summed E-state index contributed by atoms with van der Waals surface area (Å²) < 4.78 is 5.29. The van der Waals surface area contributed by atoms with Crippen molar-refractivity contribution in [3.63, 3.8) is 0 Å². The minimum absolute atomic E-state index is 0.0899. The van der Waals surface area contributed by atoms with Crippen LogP contribution in [0.15, 0.2) is 84.9 Å². The summed E-state index contributed by atoms with van der Waals surface area (Å²) in [5.74, 6) is -0.462. The van der Waals surface area contributed by atoms with E-state index in [1.54, 1.807) is 31.3 Å². The number of carbonyl (C=O) groups is 3. The van der Waals surface area contributed by atoms with Crippen molar-refractivity contribution in [2.75, 3.05) is 17.3 Å². The highest BCUT2D eigenvalue weighted by atomic mass is 16.5. The van der Waals surface area contributed by atoms with Gasteiger partial charge in [0.15, 0.2) is 0 Å². The third kappa shape index (κ3) is 7.21. The van der Waals surface area contributed by atoms with Crippen LogP contribution in [-0.2, 0) is 27.4 Å². The third-order valence-corrected chi connectivity index (χ3v) is 5.10. The number of benzene rings is 3. The lowest BCUT2D eigenvalue weighted by Gasteiger charge is -2.19. The number of anilines is 2. The molecule has 3 aromatic carbocycles. The first-order valence-corrected chi connectivity index (χ1v) is 10.6. The molecule has 0 heterocycles. The van der Waals surface area contributed by atoms with E-state index in [0.29, 0.717) is 17.8 Å². The van der Waals surface area contributed by atoms with E-state index in [2.05, 4.69) is 10.6 Å². The number of alkyl carbamates (subject to hydrolysis) is 1. The monoisotopic (exact) mass is 445 g/mol. The summed E-state index contributed by atoms with van der Waals surface area (Å²) in [6, 6.07) is 24.8. The SMILES string of the molecule is CC(=O)N(C)c1ccc(NC(=O)[C@H](Cc2ccccc2)NC(=O)OCc2ccccc2)cc1. The fraction of sp³-hybridized carbons (Fsp3) is 0.192. The van der Waals surface area contributed by atoms with Gasteiger partial charge in [-0.3, -0.25) is 9.59 Å². The van der Waals surface area contributed by atoms with E-state index in [1.165, 1.54) is 11.8 Å². The third-order valence-electron chi connectivity index (χ3n) is 5.10. The molecule has 0 saturated heterocycles. The Hall–Kier alpha value is -4.13. The molecule has 3 amide bonds. The van der Waals surface area contributed by atoms with E-state index in [4.69, 9.17) is 4.74 Å². The zero-order valence-corrected chi connectivity index (χ0v) is 18.7. The van der Waals surface area contributed by atoms with Crippen LogP contribution in [0.2, 0.25) is 0 Å². The molecule has 0 saturated carbocycles. The quantitative estimate of drug-likeness (QED) is 0.545. The number of nitrogens with zero attached hydrogens (tertiary/aromatic N) is 1. The Morgan fingerprint density at radius 3 is 2.00 bits per heavy atom. The molecule has 2 N–H and O–H groups in total. The van der Waals surface area contributed by atoms with Crippen molar-refractivity contribution in [1.82, 2.24) is 5.32 Å². The minimum Gasteiger partial charge on any atom is -0.445 e. The van der Waals surface area contributed by atoms with E-state index in [9.17, 15) is 14.4 Å². The molecule has 3 aromatic rings. The Morgan fingerprint density at radius 1 is 0.848 bits per heavy atom. The summed E-state index contributed by atoms with van der Waals surface area (Å²) in [4.78, 5) is 38.4. The van der Waals surface area contributed by atoms with E-state index < -0.39 is 12.1 Å². The maximum atomic E-state index is 13.0. The molecule has 0 aromatic heterocycles. The van der Waals surface area contributed by atoms with Crippen molar-refractivity contribution in [3.05, 3.63) is 96.1 Å². The molecule has 7 heteroatoms. The zero-order valence-electron chi connectivity index (χ0n) is 18.7. The standard InChI is InChI=1S/C26H27N3O4/c1-19(30)29(2)23-15-13-22(14-16-23)27-25(31)24(17-20-9-5-3-6-10-20)28-26(32)33-18-21-11-7-4-8-12-21/h3-16,24H,17-18H2,1-2H3,(H,27,31)(H,28,32)/t24-/m0/s1. The number of amides is 3. The van der Waals surface area contributed by atoms with Crippen molar-refractivity contribution in [2.45, 2.75) is 26.0 Å². The first kappa shape index (κ1) is 23.5. The number of rotatable bonds is 8. The Bertz CT molecular complexity index is 1070. The van der Waals surface area contributed by atoms with Gasteiger partial charge in [0, 0.05) is 31.8 Å². The van der Waals surface area contributed by atoms with Gasteiger partial charge in [-0.1, -0.05) is 60.7 Å². The van der Waals surface area contributed by atoms with Crippen LogP contribution < -0.4 is 15.5 Å². The predicted octanol–water partition coefficient (Wildman–Crippen LogP) is 4.15. The first-order chi connectivity index (χ1) is 15.9. The maximum Gasteiger partial charge on any atom is 0.408 e. The van der Waals surface area contributed by atoms with Gasteiger partial charge < -0.3 is 20.3 Å². The normalized spacial score (nSPS) is 11.2. The van der Waals surface area contributed by atoms with Crippen molar-refractivity contribution in [2.24, 2.45) is 0 Å². The molecule has 0 spiro atoms. The second kappa shape index (κ2) is 11.5. The molecule has 170 valence electrons. The van der Waals surface area contributed by atoms with Crippen molar-refractivity contribution < 1.29 is 19.1 Å². The van der Waals surface area contributed by atoms with Crippen LogP contribution >= 0.6 is 0 Å². The van der Waals surface area contributed by atoms with Gasteiger partial charge in [0.1, 0.15) is 12.6 Å². The minimum atomic E-state index is -0.838. The molecule has 1 atom stereocenters. The largest absolute Gasteiger partial charge is 0.445 e. The van der Waals surface area contributed by atoms with Gasteiger partial charge in [-0.15, -0.1) is 0 Å². The van der Waals surface area contributed by atoms with Crippen LogP contribution in [0, 0.1) is 0 Å². The lowest BCUT2D eigenvalue weighted by atomic mass is 10.1. The Morgan fingerprint density at radius 2 is 1.42 bits per heavy atom. The number of hydrogen-bond acceptors (Lipinski definition) is 4. The predicted molar refractivity (Wildman–Crippen MR) is 128 cm³/mol. The Labute approximate surface area is 193 Å². The van der Waals surface area contributed by atoms with Gasteiger partial charge in [-0.05, 0) is 35.4 Å². The summed E-state index contributed by atoms with van der Waals surface area (Å²) in [5, 5.41) is 5.50. The lowest BCUT2D eigenvalue weighted by molar-refractivity contribution is -0.118. The zero-order chi connectivity index (χ0) is 23.6. The molecule has 0 fully saturated rings. The second-order valence-electron chi connectivity index (χ2n) is 7.56. The highest BCUT2D eigenvalue weighted by molar-refractivity contribution is 5.97. The molecular formula is C26H27N3O4. The number of ether oxygens (including phenoxy) is 1. The summed E-state index contributed by atoms with van der Waals surface area (Å²) in [6.07, 6.45) is -0.369. The topological polar surface area (TPSA) is 87.7 Å². The van der Waals surface area contributed by atoms with Gasteiger partial charge in [0.25, 0.3) is 0 Å². The molecule has 7 nitrogen and oxygen atoms in total. The van der Waals surface area contributed by atoms with Crippen molar-refractivity contribution in [1.29, 1.82) is 0 Å². The molecule has 0 aliphatic heterocycles. The Kier molecular flexibility index (Phi) is 8.18. The summed E-state index contributed by atoms with van der Waals surface area (Å²) in [6.45, 7) is 1.59. The second-order valence-corrected chi connectivity index (χ2v) is 7.56. The molecule has 0 radical (unpaired) electrons. The average molecular weight is 446 g/mol. The Balaban J connectivity index is 1.66. The smallest absolute Gasteiger partial charge is 0.408 e. The molecular weight excluding hydrogens is 418 g/mol. The van der Waals surface area contributed by atoms with Crippen LogP contribution in [0.5, 0.6) is 0 Å². The highest BCUT2D eigenvalue weighted by Crippen LogP contribution is 2.17. The fourth-order valence-corrected chi connectivity index (χ4v) is 3.15.